The summed E-state index contributed by atoms with van der Waals surface area (Å²) in [6.07, 6.45) is 3.50. The van der Waals surface area contributed by atoms with Gasteiger partial charge in [0.15, 0.2) is 0 Å². The topological polar surface area (TPSA) is 67.4 Å². The quantitative estimate of drug-likeness (QED) is 0.504. The number of rotatable bonds is 3. The van der Waals surface area contributed by atoms with Gasteiger partial charge >= 0.3 is 6.03 Å². The second kappa shape index (κ2) is 7.47. The van der Waals surface area contributed by atoms with Crippen LogP contribution in [-0.2, 0) is 15.6 Å². The third kappa shape index (κ3) is 3.57. The fraction of sp³-hybridized carbons (Fsp3) is 0.385. The fourth-order valence-electron chi connectivity index (χ4n) is 4.74. The Labute approximate surface area is 188 Å². The molecule has 1 fully saturated rings. The van der Waals surface area contributed by atoms with Crippen molar-refractivity contribution >= 4 is 18.0 Å². The maximum Gasteiger partial charge on any atom is 0.326 e. The minimum absolute atomic E-state index is 0.00932. The Kier molecular flexibility index (Phi) is 5.15. The van der Waals surface area contributed by atoms with E-state index < -0.39 is 17.8 Å². The SMILES string of the molecule is COc1ccc(C=C2NC(=O)NC2=O)c(F)c1-c1cc2c(cc1C)C(C)(C)CCC2(C)C. The van der Waals surface area contributed by atoms with Crippen molar-refractivity contribution in [2.24, 2.45) is 0 Å². The second-order valence-electron chi connectivity index (χ2n) is 9.99. The summed E-state index contributed by atoms with van der Waals surface area (Å²) in [5.41, 5.74) is 4.85. The molecule has 0 unspecified atom stereocenters. The number of nitrogens with one attached hydrogen (secondary N) is 2. The van der Waals surface area contributed by atoms with Crippen LogP contribution in [0.3, 0.4) is 0 Å². The molecule has 4 rings (SSSR count). The summed E-state index contributed by atoms with van der Waals surface area (Å²) < 4.78 is 21.4. The predicted octanol–water partition coefficient (Wildman–Crippen LogP) is 5.34. The van der Waals surface area contributed by atoms with Crippen LogP contribution in [0.1, 0.15) is 62.8 Å². The highest BCUT2D eigenvalue weighted by Gasteiger charge is 2.38. The van der Waals surface area contributed by atoms with E-state index in [2.05, 4.69) is 50.5 Å². The minimum atomic E-state index is -0.620. The van der Waals surface area contributed by atoms with E-state index in [1.54, 1.807) is 12.1 Å². The average molecular weight is 437 g/mol. The molecule has 0 atom stereocenters. The molecule has 1 aliphatic carbocycles. The molecule has 0 aromatic heterocycles. The van der Waals surface area contributed by atoms with Crippen LogP contribution in [0.2, 0.25) is 0 Å². The molecule has 2 aromatic rings. The molecule has 2 aliphatic rings. The highest BCUT2D eigenvalue weighted by Crippen LogP contribution is 2.48. The maximum atomic E-state index is 15.9. The Bertz CT molecular complexity index is 1180. The summed E-state index contributed by atoms with van der Waals surface area (Å²) in [5.74, 6) is -0.664. The standard InChI is InChI=1S/C26H29FN2O3/c1-14-11-17-18(26(4,5)10-9-25(17,2)3)13-16(14)21-20(32-6)8-7-15(22(21)27)12-19-23(30)29-24(31)28-19/h7-8,11-13H,9-10H2,1-6H3,(H2,28,29,30,31). The molecule has 1 saturated heterocycles. The van der Waals surface area contributed by atoms with Crippen LogP contribution < -0.4 is 15.4 Å². The smallest absolute Gasteiger partial charge is 0.326 e. The van der Waals surface area contributed by atoms with E-state index in [-0.39, 0.29) is 22.1 Å². The number of urea groups is 1. The van der Waals surface area contributed by atoms with Crippen molar-refractivity contribution in [2.45, 2.75) is 58.3 Å². The number of halogens is 1. The summed E-state index contributed by atoms with van der Waals surface area (Å²) in [4.78, 5) is 23.3. The van der Waals surface area contributed by atoms with Gasteiger partial charge in [-0.3, -0.25) is 10.1 Å². The van der Waals surface area contributed by atoms with Crippen LogP contribution in [0.5, 0.6) is 5.75 Å². The molecule has 2 aromatic carbocycles. The van der Waals surface area contributed by atoms with E-state index in [1.807, 2.05) is 6.92 Å². The Hall–Kier alpha value is -3.15. The summed E-state index contributed by atoms with van der Waals surface area (Å²) in [7, 11) is 1.52. The molecule has 32 heavy (non-hydrogen) atoms. The molecule has 168 valence electrons. The van der Waals surface area contributed by atoms with Crippen LogP contribution in [-0.4, -0.2) is 19.0 Å². The number of methoxy groups -OCH3 is 1. The molecule has 3 amide bonds. The minimum Gasteiger partial charge on any atom is -0.496 e. The van der Waals surface area contributed by atoms with Gasteiger partial charge in [0, 0.05) is 5.56 Å². The van der Waals surface area contributed by atoms with Gasteiger partial charge in [-0.1, -0.05) is 33.8 Å². The zero-order chi connectivity index (χ0) is 23.4. The van der Waals surface area contributed by atoms with Gasteiger partial charge in [0.05, 0.1) is 12.7 Å². The molecule has 1 aliphatic heterocycles. The van der Waals surface area contributed by atoms with Crippen LogP contribution in [0.4, 0.5) is 9.18 Å². The zero-order valence-corrected chi connectivity index (χ0v) is 19.4. The summed E-state index contributed by atoms with van der Waals surface area (Å²) in [6, 6.07) is 6.90. The number of benzene rings is 2. The lowest BCUT2D eigenvalue weighted by atomic mass is 9.62. The number of fused-ring (bicyclic) bond motifs is 1. The molecule has 0 spiro atoms. The molecule has 5 nitrogen and oxygen atoms in total. The van der Waals surface area contributed by atoms with Crippen LogP contribution in [0.25, 0.3) is 17.2 Å². The Morgan fingerprint density at radius 2 is 1.62 bits per heavy atom. The molecular formula is C26H29FN2O3. The number of carbonyl (C=O) groups is 2. The molecule has 0 bridgehead atoms. The first kappa shape index (κ1) is 22.1. The maximum absolute atomic E-state index is 15.9. The lowest BCUT2D eigenvalue weighted by Gasteiger charge is -2.42. The van der Waals surface area contributed by atoms with Crippen molar-refractivity contribution in [1.29, 1.82) is 0 Å². The molecule has 6 heteroatoms. The average Bonchev–Trinajstić information content (AvgIpc) is 3.04. The predicted molar refractivity (Wildman–Crippen MR) is 123 cm³/mol. The summed E-state index contributed by atoms with van der Waals surface area (Å²) in [5, 5.41) is 4.53. The first-order valence-electron chi connectivity index (χ1n) is 10.8. The van der Waals surface area contributed by atoms with E-state index in [0.717, 1.165) is 24.0 Å². The van der Waals surface area contributed by atoms with Gasteiger partial charge in [-0.05, 0) is 77.1 Å². The van der Waals surface area contributed by atoms with Crippen molar-refractivity contribution in [3.63, 3.8) is 0 Å². The van der Waals surface area contributed by atoms with Crippen molar-refractivity contribution < 1.29 is 18.7 Å². The Morgan fingerprint density at radius 1 is 1.00 bits per heavy atom. The van der Waals surface area contributed by atoms with E-state index in [1.165, 1.54) is 24.3 Å². The Morgan fingerprint density at radius 3 is 2.19 bits per heavy atom. The van der Waals surface area contributed by atoms with Gasteiger partial charge in [0.2, 0.25) is 0 Å². The van der Waals surface area contributed by atoms with Gasteiger partial charge in [-0.2, -0.15) is 0 Å². The normalized spacial score (nSPS) is 20.0. The molecule has 0 radical (unpaired) electrons. The second-order valence-corrected chi connectivity index (χ2v) is 9.99. The number of imide groups is 1. The van der Waals surface area contributed by atoms with E-state index in [4.69, 9.17) is 4.74 Å². The number of hydrogen-bond donors (Lipinski definition) is 2. The molecular weight excluding hydrogens is 407 g/mol. The van der Waals surface area contributed by atoms with Crippen LogP contribution >= 0.6 is 0 Å². The first-order valence-corrected chi connectivity index (χ1v) is 10.8. The molecule has 2 N–H and O–H groups in total. The van der Waals surface area contributed by atoms with Gasteiger partial charge < -0.3 is 10.1 Å². The van der Waals surface area contributed by atoms with Gasteiger partial charge in [0.1, 0.15) is 17.3 Å². The molecule has 0 saturated carbocycles. The lowest BCUT2D eigenvalue weighted by Crippen LogP contribution is -2.34. The number of ether oxygens (including phenoxy) is 1. The van der Waals surface area contributed by atoms with E-state index >= 15 is 4.39 Å². The van der Waals surface area contributed by atoms with Gasteiger partial charge in [0.25, 0.3) is 5.91 Å². The monoisotopic (exact) mass is 436 g/mol. The molecule has 1 heterocycles. The summed E-state index contributed by atoms with van der Waals surface area (Å²) >= 11 is 0. The first-order chi connectivity index (χ1) is 14.9. The third-order valence-electron chi connectivity index (χ3n) is 6.84. The van der Waals surface area contributed by atoms with E-state index in [9.17, 15) is 9.59 Å². The lowest BCUT2D eigenvalue weighted by molar-refractivity contribution is -0.115. The number of carbonyl (C=O) groups excluding carboxylic acids is 2. The van der Waals surface area contributed by atoms with Crippen molar-refractivity contribution in [3.05, 3.63) is 58.0 Å². The van der Waals surface area contributed by atoms with Crippen molar-refractivity contribution in [2.75, 3.05) is 7.11 Å². The number of aryl methyl sites for hydroxylation is 1. The van der Waals surface area contributed by atoms with Gasteiger partial charge in [-0.25, -0.2) is 9.18 Å². The number of hydrogen-bond acceptors (Lipinski definition) is 3. The number of amides is 3. The zero-order valence-electron chi connectivity index (χ0n) is 19.4. The van der Waals surface area contributed by atoms with E-state index in [0.29, 0.717) is 11.3 Å². The fourth-order valence-corrected chi connectivity index (χ4v) is 4.74. The Balaban J connectivity index is 1.93. The van der Waals surface area contributed by atoms with Crippen molar-refractivity contribution in [1.82, 2.24) is 10.6 Å². The third-order valence-corrected chi connectivity index (χ3v) is 6.84. The van der Waals surface area contributed by atoms with Crippen LogP contribution in [0, 0.1) is 12.7 Å². The highest BCUT2D eigenvalue weighted by atomic mass is 19.1. The summed E-state index contributed by atoms with van der Waals surface area (Å²) in [6.45, 7) is 11.0. The van der Waals surface area contributed by atoms with Crippen LogP contribution in [0.15, 0.2) is 30.0 Å². The van der Waals surface area contributed by atoms with Crippen molar-refractivity contribution in [3.8, 4) is 16.9 Å². The highest BCUT2D eigenvalue weighted by molar-refractivity contribution is 6.14. The largest absolute Gasteiger partial charge is 0.496 e. The van der Waals surface area contributed by atoms with Gasteiger partial charge in [-0.15, -0.1) is 0 Å².